The molecule has 0 aliphatic rings. The maximum Gasteiger partial charge on any atom is 0.293 e. The molecule has 2 aromatic carbocycles. The van der Waals surface area contributed by atoms with Crippen molar-refractivity contribution >= 4 is 34.5 Å². The summed E-state index contributed by atoms with van der Waals surface area (Å²) in [5.74, 6) is 0.244. The van der Waals surface area contributed by atoms with Crippen molar-refractivity contribution in [2.45, 2.75) is 6.92 Å². The van der Waals surface area contributed by atoms with E-state index in [4.69, 9.17) is 0 Å². The van der Waals surface area contributed by atoms with E-state index in [2.05, 4.69) is 20.6 Å². The lowest BCUT2D eigenvalue weighted by Crippen LogP contribution is -2.15. The van der Waals surface area contributed by atoms with Gasteiger partial charge in [-0.05, 0) is 43.3 Å². The largest absolute Gasteiger partial charge is 0.372 e. The number of benzene rings is 2. The first kappa shape index (κ1) is 19.7. The van der Waals surface area contributed by atoms with E-state index in [0.29, 0.717) is 17.2 Å². The number of amides is 1. The van der Waals surface area contributed by atoms with Crippen molar-refractivity contribution < 1.29 is 9.72 Å². The van der Waals surface area contributed by atoms with E-state index < -0.39 is 10.8 Å². The molecule has 0 aliphatic carbocycles. The molecule has 0 aliphatic heterocycles. The molecule has 3 rings (SSSR count). The summed E-state index contributed by atoms with van der Waals surface area (Å²) < 4.78 is 0. The highest BCUT2D eigenvalue weighted by atomic mass is 16.6. The van der Waals surface area contributed by atoms with Gasteiger partial charge >= 0.3 is 0 Å². The second-order valence-electron chi connectivity index (χ2n) is 6.56. The molecule has 148 valence electrons. The summed E-state index contributed by atoms with van der Waals surface area (Å²) in [5, 5.41) is 17.2. The number of nitro groups is 1. The van der Waals surface area contributed by atoms with E-state index in [1.807, 2.05) is 13.0 Å². The van der Waals surface area contributed by atoms with E-state index in [-0.39, 0.29) is 11.3 Å². The molecule has 0 unspecified atom stereocenters. The SMILES string of the molecule is Cc1cc(Nc2ccc(NC(=O)c3ccc(N(C)C)c([N+](=O)[O-])c3)cc2)ncn1. The molecule has 29 heavy (non-hydrogen) atoms. The standard InChI is InChI=1S/C20H20N6O3/c1-13-10-19(22-12-21-13)23-15-5-7-16(8-6-15)24-20(27)14-4-9-17(25(2)3)18(11-14)26(28)29/h4-12H,1-3H3,(H,24,27)(H,21,22,23). The van der Waals surface area contributed by atoms with Gasteiger partial charge in [-0.1, -0.05) is 0 Å². The van der Waals surface area contributed by atoms with Crippen LogP contribution in [0.15, 0.2) is 54.9 Å². The average Bonchev–Trinajstić information content (AvgIpc) is 2.69. The first-order chi connectivity index (χ1) is 13.8. The van der Waals surface area contributed by atoms with Gasteiger partial charge in [-0.15, -0.1) is 0 Å². The van der Waals surface area contributed by atoms with Gasteiger partial charge in [0.25, 0.3) is 11.6 Å². The summed E-state index contributed by atoms with van der Waals surface area (Å²) in [4.78, 5) is 33.1. The number of anilines is 4. The van der Waals surface area contributed by atoms with Crippen molar-refractivity contribution in [1.29, 1.82) is 0 Å². The van der Waals surface area contributed by atoms with Crippen molar-refractivity contribution in [2.75, 3.05) is 29.6 Å². The number of nitrogens with zero attached hydrogens (tertiary/aromatic N) is 4. The third-order valence-electron chi connectivity index (χ3n) is 4.14. The van der Waals surface area contributed by atoms with Crippen LogP contribution in [0.2, 0.25) is 0 Å². The van der Waals surface area contributed by atoms with Crippen LogP contribution in [0.25, 0.3) is 0 Å². The van der Waals surface area contributed by atoms with E-state index >= 15 is 0 Å². The van der Waals surface area contributed by atoms with Crippen LogP contribution >= 0.6 is 0 Å². The van der Waals surface area contributed by atoms with Crippen LogP contribution in [0.4, 0.5) is 28.6 Å². The topological polar surface area (TPSA) is 113 Å². The Morgan fingerprint density at radius 3 is 2.34 bits per heavy atom. The Bertz CT molecular complexity index is 1050. The van der Waals surface area contributed by atoms with Gasteiger partial charge in [0, 0.05) is 48.9 Å². The van der Waals surface area contributed by atoms with E-state index in [0.717, 1.165) is 11.4 Å². The Morgan fingerprint density at radius 1 is 1.03 bits per heavy atom. The smallest absolute Gasteiger partial charge is 0.293 e. The highest BCUT2D eigenvalue weighted by Crippen LogP contribution is 2.28. The van der Waals surface area contributed by atoms with Crippen LogP contribution in [-0.4, -0.2) is 34.9 Å². The third-order valence-corrected chi connectivity index (χ3v) is 4.14. The summed E-state index contributed by atoms with van der Waals surface area (Å²) in [6.45, 7) is 1.88. The lowest BCUT2D eigenvalue weighted by molar-refractivity contribution is -0.384. The summed E-state index contributed by atoms with van der Waals surface area (Å²) in [7, 11) is 3.42. The second kappa shape index (κ2) is 8.34. The molecule has 1 heterocycles. The van der Waals surface area contributed by atoms with Crippen LogP contribution < -0.4 is 15.5 Å². The summed E-state index contributed by atoms with van der Waals surface area (Å²) >= 11 is 0. The van der Waals surface area contributed by atoms with Gasteiger partial charge in [0.1, 0.15) is 17.8 Å². The number of aryl methyl sites for hydroxylation is 1. The lowest BCUT2D eigenvalue weighted by Gasteiger charge is -2.13. The van der Waals surface area contributed by atoms with Crippen LogP contribution in [0, 0.1) is 17.0 Å². The van der Waals surface area contributed by atoms with E-state index in [1.54, 1.807) is 55.4 Å². The monoisotopic (exact) mass is 392 g/mol. The van der Waals surface area contributed by atoms with Crippen molar-refractivity contribution in [1.82, 2.24) is 9.97 Å². The maximum absolute atomic E-state index is 12.5. The van der Waals surface area contributed by atoms with Crippen molar-refractivity contribution in [3.8, 4) is 0 Å². The predicted molar refractivity (Wildman–Crippen MR) is 112 cm³/mol. The fourth-order valence-corrected chi connectivity index (χ4v) is 2.70. The van der Waals surface area contributed by atoms with Gasteiger partial charge in [-0.2, -0.15) is 0 Å². The molecule has 0 radical (unpaired) electrons. The minimum absolute atomic E-state index is 0.123. The number of nitro benzene ring substituents is 1. The van der Waals surface area contributed by atoms with Gasteiger partial charge in [0.15, 0.2) is 0 Å². The first-order valence-electron chi connectivity index (χ1n) is 8.76. The number of carbonyl (C=O) groups excluding carboxylic acids is 1. The predicted octanol–water partition coefficient (Wildman–Crippen LogP) is 3.76. The van der Waals surface area contributed by atoms with Crippen LogP contribution in [0.5, 0.6) is 0 Å². The molecule has 0 saturated heterocycles. The number of hydrogen-bond acceptors (Lipinski definition) is 7. The molecule has 0 spiro atoms. The molecule has 9 heteroatoms. The molecular weight excluding hydrogens is 372 g/mol. The number of hydrogen-bond donors (Lipinski definition) is 2. The molecule has 3 aromatic rings. The highest BCUT2D eigenvalue weighted by molar-refractivity contribution is 6.05. The summed E-state index contributed by atoms with van der Waals surface area (Å²) in [6.07, 6.45) is 1.48. The Balaban J connectivity index is 1.72. The Morgan fingerprint density at radius 2 is 1.72 bits per heavy atom. The number of carbonyl (C=O) groups is 1. The first-order valence-corrected chi connectivity index (χ1v) is 8.76. The summed E-state index contributed by atoms with van der Waals surface area (Å²) in [5.41, 5.74) is 2.73. The van der Waals surface area contributed by atoms with Crippen molar-refractivity contribution in [3.63, 3.8) is 0 Å². The van der Waals surface area contributed by atoms with Crippen LogP contribution in [-0.2, 0) is 0 Å². The molecule has 1 amide bonds. The summed E-state index contributed by atoms with van der Waals surface area (Å²) in [6, 6.07) is 13.3. The van der Waals surface area contributed by atoms with E-state index in [9.17, 15) is 14.9 Å². The second-order valence-corrected chi connectivity index (χ2v) is 6.56. The minimum atomic E-state index is -0.499. The molecule has 1 aromatic heterocycles. The third kappa shape index (κ3) is 4.83. The highest BCUT2D eigenvalue weighted by Gasteiger charge is 2.19. The lowest BCUT2D eigenvalue weighted by atomic mass is 10.1. The maximum atomic E-state index is 12.5. The van der Waals surface area contributed by atoms with Gasteiger partial charge in [-0.25, -0.2) is 9.97 Å². The van der Waals surface area contributed by atoms with Gasteiger partial charge < -0.3 is 15.5 Å². The Kier molecular flexibility index (Phi) is 5.68. The molecule has 0 atom stereocenters. The average molecular weight is 392 g/mol. The van der Waals surface area contributed by atoms with E-state index in [1.165, 1.54) is 12.4 Å². The molecule has 0 saturated carbocycles. The number of nitrogens with one attached hydrogen (secondary N) is 2. The molecular formula is C20H20N6O3. The molecule has 0 bridgehead atoms. The fraction of sp³-hybridized carbons (Fsp3) is 0.150. The molecule has 2 N–H and O–H groups in total. The normalized spacial score (nSPS) is 10.3. The molecule has 0 fully saturated rings. The van der Waals surface area contributed by atoms with Gasteiger partial charge in [-0.3, -0.25) is 14.9 Å². The van der Waals surface area contributed by atoms with Crippen LogP contribution in [0.3, 0.4) is 0 Å². The minimum Gasteiger partial charge on any atom is -0.372 e. The van der Waals surface area contributed by atoms with Crippen molar-refractivity contribution in [2.24, 2.45) is 0 Å². The quantitative estimate of drug-likeness (QED) is 0.485. The zero-order valence-electron chi connectivity index (χ0n) is 16.2. The van der Waals surface area contributed by atoms with Crippen molar-refractivity contribution in [3.05, 3.63) is 76.2 Å². The van der Waals surface area contributed by atoms with Crippen LogP contribution in [0.1, 0.15) is 16.1 Å². The zero-order valence-corrected chi connectivity index (χ0v) is 16.2. The van der Waals surface area contributed by atoms with Gasteiger partial charge in [0.05, 0.1) is 4.92 Å². The zero-order chi connectivity index (χ0) is 21.0. The molecule has 9 nitrogen and oxygen atoms in total. The number of aromatic nitrogens is 2. The van der Waals surface area contributed by atoms with Gasteiger partial charge in [0.2, 0.25) is 0 Å². The number of rotatable bonds is 6. The fourth-order valence-electron chi connectivity index (χ4n) is 2.70. The Hall–Kier alpha value is -4.01. The Labute approximate surface area is 167 Å².